The van der Waals surface area contributed by atoms with Crippen LogP contribution in [-0.2, 0) is 11.8 Å². The third-order valence-electron chi connectivity index (χ3n) is 3.75. The van der Waals surface area contributed by atoms with Crippen molar-refractivity contribution in [2.75, 3.05) is 13.1 Å². The highest BCUT2D eigenvalue weighted by molar-refractivity contribution is 9.10. The Bertz CT molecular complexity index is 557. The Morgan fingerprint density at radius 2 is 2.17 bits per heavy atom. The van der Waals surface area contributed by atoms with Gasteiger partial charge in [0.1, 0.15) is 0 Å². The molecule has 0 aliphatic carbocycles. The summed E-state index contributed by atoms with van der Waals surface area (Å²) < 4.78 is 1.26. The predicted octanol–water partition coefficient (Wildman–Crippen LogP) is 3.90. The van der Waals surface area contributed by atoms with Gasteiger partial charge in [-0.1, -0.05) is 29.8 Å². The van der Waals surface area contributed by atoms with Crippen LogP contribution in [0, 0.1) is 6.92 Å². The number of hydrogen-bond acceptors (Lipinski definition) is 2. The Kier molecular flexibility index (Phi) is 3.31. The maximum Gasteiger partial charge on any atom is 0.0314 e. The van der Waals surface area contributed by atoms with Crippen molar-refractivity contribution in [2.24, 2.45) is 0 Å². The van der Waals surface area contributed by atoms with E-state index in [4.69, 9.17) is 0 Å². The van der Waals surface area contributed by atoms with Gasteiger partial charge < -0.3 is 5.32 Å². The summed E-state index contributed by atoms with van der Waals surface area (Å²) in [6, 6.07) is 11.1. The van der Waals surface area contributed by atoms with E-state index in [1.807, 2.05) is 11.3 Å². The Morgan fingerprint density at radius 1 is 1.33 bits per heavy atom. The molecule has 0 atom stereocenters. The molecule has 1 aliphatic heterocycles. The van der Waals surface area contributed by atoms with Crippen LogP contribution < -0.4 is 5.32 Å². The summed E-state index contributed by atoms with van der Waals surface area (Å²) in [7, 11) is 0. The zero-order chi connectivity index (χ0) is 12.6. The van der Waals surface area contributed by atoms with Gasteiger partial charge in [-0.05, 0) is 46.3 Å². The van der Waals surface area contributed by atoms with Gasteiger partial charge in [-0.25, -0.2) is 0 Å². The van der Waals surface area contributed by atoms with Crippen molar-refractivity contribution in [3.05, 3.63) is 56.2 Å². The summed E-state index contributed by atoms with van der Waals surface area (Å²) >= 11 is 5.50. The molecule has 1 nitrogen and oxygen atoms in total. The van der Waals surface area contributed by atoms with E-state index < -0.39 is 0 Å². The minimum Gasteiger partial charge on any atom is -0.315 e. The van der Waals surface area contributed by atoms with Crippen molar-refractivity contribution in [2.45, 2.75) is 18.8 Å². The molecule has 94 valence electrons. The zero-order valence-corrected chi connectivity index (χ0v) is 12.8. The minimum atomic E-state index is 0.291. The van der Waals surface area contributed by atoms with Gasteiger partial charge >= 0.3 is 0 Å². The highest BCUT2D eigenvalue weighted by Crippen LogP contribution is 2.36. The summed E-state index contributed by atoms with van der Waals surface area (Å²) in [5.41, 5.74) is 3.12. The second-order valence-electron chi connectivity index (χ2n) is 5.12. The largest absolute Gasteiger partial charge is 0.315 e. The zero-order valence-electron chi connectivity index (χ0n) is 10.4. The Balaban J connectivity index is 1.93. The molecule has 18 heavy (non-hydrogen) atoms. The topological polar surface area (TPSA) is 12.0 Å². The van der Waals surface area contributed by atoms with Crippen LogP contribution >= 0.6 is 27.3 Å². The molecule has 2 heterocycles. The average Bonchev–Trinajstić information content (AvgIpc) is 2.69. The van der Waals surface area contributed by atoms with E-state index in [1.54, 1.807) is 0 Å². The van der Waals surface area contributed by atoms with E-state index in [-0.39, 0.29) is 0 Å². The standard InChI is InChI=1S/C15H16BrNS/c1-11-3-2-4-12(7-11)15(9-17-10-15)8-14-13(16)5-6-18-14/h2-7,17H,8-10H2,1H3. The van der Waals surface area contributed by atoms with Crippen LogP contribution in [0.3, 0.4) is 0 Å². The number of nitrogens with one attached hydrogen (secondary N) is 1. The SMILES string of the molecule is Cc1cccc(C2(Cc3sccc3Br)CNC2)c1. The lowest BCUT2D eigenvalue weighted by atomic mass is 9.72. The van der Waals surface area contributed by atoms with Crippen LogP contribution in [-0.4, -0.2) is 13.1 Å². The molecule has 3 heteroatoms. The van der Waals surface area contributed by atoms with Gasteiger partial charge in [0.05, 0.1) is 0 Å². The lowest BCUT2D eigenvalue weighted by Gasteiger charge is -2.43. The smallest absolute Gasteiger partial charge is 0.0314 e. The van der Waals surface area contributed by atoms with E-state index in [0.717, 1.165) is 19.5 Å². The van der Waals surface area contributed by atoms with Crippen molar-refractivity contribution >= 4 is 27.3 Å². The molecule has 1 saturated heterocycles. The van der Waals surface area contributed by atoms with E-state index in [1.165, 1.54) is 20.5 Å². The highest BCUT2D eigenvalue weighted by Gasteiger charge is 2.39. The predicted molar refractivity (Wildman–Crippen MR) is 81.4 cm³/mol. The van der Waals surface area contributed by atoms with Crippen molar-refractivity contribution < 1.29 is 0 Å². The molecule has 1 aromatic heterocycles. The first-order valence-electron chi connectivity index (χ1n) is 6.19. The van der Waals surface area contributed by atoms with Crippen molar-refractivity contribution in [3.8, 4) is 0 Å². The average molecular weight is 322 g/mol. The van der Waals surface area contributed by atoms with Crippen LogP contribution in [0.15, 0.2) is 40.2 Å². The number of halogens is 1. The number of hydrogen-bond donors (Lipinski definition) is 1. The first-order valence-corrected chi connectivity index (χ1v) is 7.87. The van der Waals surface area contributed by atoms with Gasteiger partial charge in [0.15, 0.2) is 0 Å². The van der Waals surface area contributed by atoms with Gasteiger partial charge in [-0.3, -0.25) is 0 Å². The third kappa shape index (κ3) is 2.15. The molecule has 1 aromatic carbocycles. The molecule has 1 fully saturated rings. The number of benzene rings is 1. The summed E-state index contributed by atoms with van der Waals surface area (Å²) in [4.78, 5) is 1.46. The lowest BCUT2D eigenvalue weighted by molar-refractivity contribution is 0.276. The van der Waals surface area contributed by atoms with E-state index in [0.29, 0.717) is 5.41 Å². The molecule has 0 amide bonds. The normalized spacial score (nSPS) is 17.4. The maximum atomic E-state index is 3.65. The van der Waals surface area contributed by atoms with Gasteiger partial charge in [0.2, 0.25) is 0 Å². The number of rotatable bonds is 3. The fourth-order valence-electron chi connectivity index (χ4n) is 2.59. The van der Waals surface area contributed by atoms with Gasteiger partial charge in [0, 0.05) is 27.9 Å². The van der Waals surface area contributed by atoms with Gasteiger partial charge in [-0.15, -0.1) is 11.3 Å². The van der Waals surface area contributed by atoms with E-state index >= 15 is 0 Å². The third-order valence-corrected chi connectivity index (χ3v) is 5.67. The molecule has 0 radical (unpaired) electrons. The molecule has 0 saturated carbocycles. The fourth-order valence-corrected chi connectivity index (χ4v) is 4.23. The van der Waals surface area contributed by atoms with E-state index in [9.17, 15) is 0 Å². The first kappa shape index (κ1) is 12.4. The Hall–Kier alpha value is -0.640. The summed E-state index contributed by atoms with van der Waals surface area (Å²) in [5.74, 6) is 0. The number of thiophene rings is 1. The lowest BCUT2D eigenvalue weighted by Crippen LogP contribution is -2.58. The van der Waals surface area contributed by atoms with Crippen molar-refractivity contribution in [3.63, 3.8) is 0 Å². The molecule has 1 N–H and O–H groups in total. The van der Waals surface area contributed by atoms with Crippen molar-refractivity contribution in [1.82, 2.24) is 5.32 Å². The molecule has 2 aromatic rings. The molecule has 0 bridgehead atoms. The molecule has 0 unspecified atom stereocenters. The second kappa shape index (κ2) is 4.80. The first-order chi connectivity index (χ1) is 8.70. The molecular weight excluding hydrogens is 306 g/mol. The van der Waals surface area contributed by atoms with Gasteiger partial charge in [-0.2, -0.15) is 0 Å². The maximum absolute atomic E-state index is 3.65. The van der Waals surface area contributed by atoms with Gasteiger partial charge in [0.25, 0.3) is 0 Å². The van der Waals surface area contributed by atoms with Crippen LogP contribution in [0.5, 0.6) is 0 Å². The Morgan fingerprint density at radius 3 is 2.72 bits per heavy atom. The minimum absolute atomic E-state index is 0.291. The second-order valence-corrected chi connectivity index (χ2v) is 6.98. The molecule has 1 aliphatic rings. The van der Waals surface area contributed by atoms with E-state index in [2.05, 4.69) is 63.9 Å². The monoisotopic (exact) mass is 321 g/mol. The van der Waals surface area contributed by atoms with Crippen LogP contribution in [0.2, 0.25) is 0 Å². The highest BCUT2D eigenvalue weighted by atomic mass is 79.9. The van der Waals surface area contributed by atoms with Crippen molar-refractivity contribution in [1.29, 1.82) is 0 Å². The van der Waals surface area contributed by atoms with Crippen LogP contribution in [0.25, 0.3) is 0 Å². The molecular formula is C15H16BrNS. The quantitative estimate of drug-likeness (QED) is 0.904. The molecule has 0 spiro atoms. The molecule has 3 rings (SSSR count). The summed E-state index contributed by atoms with van der Waals surface area (Å²) in [6.45, 7) is 4.34. The van der Waals surface area contributed by atoms with Crippen LogP contribution in [0.1, 0.15) is 16.0 Å². The number of aryl methyl sites for hydroxylation is 1. The fraction of sp³-hybridized carbons (Fsp3) is 0.333. The Labute approximate surface area is 120 Å². The summed E-state index contributed by atoms with van der Waals surface area (Å²) in [6.07, 6.45) is 1.13. The summed E-state index contributed by atoms with van der Waals surface area (Å²) in [5, 5.41) is 5.60. The van der Waals surface area contributed by atoms with Crippen LogP contribution in [0.4, 0.5) is 0 Å².